The summed E-state index contributed by atoms with van der Waals surface area (Å²) < 4.78 is 0. The number of rotatable bonds is 5. The molecule has 0 heterocycles. The van der Waals surface area contributed by atoms with Gasteiger partial charge in [-0.2, -0.15) is 0 Å². The second-order valence-electron chi connectivity index (χ2n) is 4.51. The van der Waals surface area contributed by atoms with Crippen molar-refractivity contribution in [3.05, 3.63) is 23.8 Å². The molecule has 0 fully saturated rings. The van der Waals surface area contributed by atoms with Crippen molar-refractivity contribution in [2.24, 2.45) is 11.1 Å². The third kappa shape index (κ3) is 3.88. The minimum Gasteiger partial charge on any atom is -0.352 e. The van der Waals surface area contributed by atoms with Crippen molar-refractivity contribution in [3.8, 4) is 0 Å². The van der Waals surface area contributed by atoms with E-state index in [1.54, 1.807) is 0 Å². The van der Waals surface area contributed by atoms with E-state index in [0.717, 1.165) is 18.4 Å². The van der Waals surface area contributed by atoms with Gasteiger partial charge in [0.1, 0.15) is 0 Å². The van der Waals surface area contributed by atoms with Crippen LogP contribution in [-0.4, -0.2) is 19.0 Å². The van der Waals surface area contributed by atoms with Crippen molar-refractivity contribution in [1.29, 1.82) is 0 Å². The molecule has 0 aromatic rings. The highest BCUT2D eigenvalue weighted by Gasteiger charge is 2.20. The molecule has 0 saturated carbocycles. The molecule has 0 spiro atoms. The molecule has 1 amide bonds. The fraction of sp³-hybridized carbons (Fsp3) is 0.583. The molecule has 0 aromatic heterocycles. The number of nitrogens with one attached hydrogen (secondary N) is 1. The first kappa shape index (κ1) is 12.0. The zero-order valence-electron chi connectivity index (χ0n) is 9.55. The Kier molecular flexibility index (Phi) is 4.09. The average molecular weight is 208 g/mol. The Morgan fingerprint density at radius 1 is 1.47 bits per heavy atom. The molecule has 0 radical (unpaired) electrons. The van der Waals surface area contributed by atoms with E-state index in [-0.39, 0.29) is 11.3 Å². The van der Waals surface area contributed by atoms with Gasteiger partial charge in [-0.15, -0.1) is 0 Å². The summed E-state index contributed by atoms with van der Waals surface area (Å²) in [5.74, 6) is 0.0221. The Balaban J connectivity index is 2.33. The Hall–Kier alpha value is -1.09. The van der Waals surface area contributed by atoms with Gasteiger partial charge in [0, 0.05) is 17.5 Å². The first-order chi connectivity index (χ1) is 7.05. The summed E-state index contributed by atoms with van der Waals surface area (Å²) in [7, 11) is 0. The van der Waals surface area contributed by atoms with E-state index in [4.69, 9.17) is 5.73 Å². The lowest BCUT2D eigenvalue weighted by atomic mass is 9.96. The lowest BCUT2D eigenvalue weighted by Crippen LogP contribution is -2.25. The maximum atomic E-state index is 11.6. The van der Waals surface area contributed by atoms with Crippen LogP contribution < -0.4 is 11.1 Å². The van der Waals surface area contributed by atoms with Crippen LogP contribution in [0.2, 0.25) is 0 Å². The third-order valence-corrected chi connectivity index (χ3v) is 2.40. The largest absolute Gasteiger partial charge is 0.352 e. The Bertz CT molecular complexity index is 290. The van der Waals surface area contributed by atoms with Crippen molar-refractivity contribution < 1.29 is 4.79 Å². The quantitative estimate of drug-likeness (QED) is 0.670. The average Bonchev–Trinajstić information content (AvgIpc) is 2.53. The van der Waals surface area contributed by atoms with Gasteiger partial charge in [-0.1, -0.05) is 32.1 Å². The van der Waals surface area contributed by atoms with Crippen LogP contribution in [0.25, 0.3) is 0 Å². The number of allylic oxidation sites excluding steroid dienone is 2. The van der Waals surface area contributed by atoms with Crippen LogP contribution in [0.4, 0.5) is 0 Å². The predicted octanol–water partition coefficient (Wildman–Crippen LogP) is 1.36. The molecular weight excluding hydrogens is 188 g/mol. The molecule has 0 aromatic carbocycles. The zero-order valence-corrected chi connectivity index (χ0v) is 9.55. The van der Waals surface area contributed by atoms with Crippen molar-refractivity contribution >= 4 is 5.91 Å². The summed E-state index contributed by atoms with van der Waals surface area (Å²) in [5, 5.41) is 2.88. The molecule has 1 aliphatic rings. The van der Waals surface area contributed by atoms with Gasteiger partial charge in [0.15, 0.2) is 0 Å². The molecule has 0 bridgehead atoms. The summed E-state index contributed by atoms with van der Waals surface area (Å²) in [5.41, 5.74) is 6.16. The lowest BCUT2D eigenvalue weighted by Gasteiger charge is -2.09. The van der Waals surface area contributed by atoms with Gasteiger partial charge in [0.2, 0.25) is 0 Å². The van der Waals surface area contributed by atoms with Crippen LogP contribution in [0.15, 0.2) is 23.8 Å². The van der Waals surface area contributed by atoms with E-state index < -0.39 is 0 Å². The van der Waals surface area contributed by atoms with Crippen molar-refractivity contribution in [2.45, 2.75) is 26.7 Å². The Labute approximate surface area is 91.4 Å². The van der Waals surface area contributed by atoms with Gasteiger partial charge in [-0.3, -0.25) is 4.79 Å². The second kappa shape index (κ2) is 5.12. The van der Waals surface area contributed by atoms with E-state index >= 15 is 0 Å². The number of carbonyl (C=O) groups excluding carboxylic acids is 1. The smallest absolute Gasteiger partial charge is 0.250 e. The number of carbonyl (C=O) groups is 1. The second-order valence-corrected chi connectivity index (χ2v) is 4.51. The Morgan fingerprint density at radius 2 is 2.20 bits per heavy atom. The number of hydrogen-bond donors (Lipinski definition) is 2. The van der Waals surface area contributed by atoms with Crippen molar-refractivity contribution in [2.75, 3.05) is 13.1 Å². The van der Waals surface area contributed by atoms with Gasteiger partial charge < -0.3 is 11.1 Å². The van der Waals surface area contributed by atoms with E-state index in [2.05, 4.69) is 19.2 Å². The maximum absolute atomic E-state index is 11.6. The minimum absolute atomic E-state index is 0.0178. The summed E-state index contributed by atoms with van der Waals surface area (Å²) in [6.07, 6.45) is 7.83. The molecule has 0 aliphatic heterocycles. The SMILES string of the molecule is CC1(C)C=CC(C(=O)NCCCCN)=C1. The van der Waals surface area contributed by atoms with Crippen molar-refractivity contribution in [1.82, 2.24) is 5.32 Å². The summed E-state index contributed by atoms with van der Waals surface area (Å²) in [6.45, 7) is 5.56. The Morgan fingerprint density at radius 3 is 2.73 bits per heavy atom. The van der Waals surface area contributed by atoms with Crippen LogP contribution in [0.3, 0.4) is 0 Å². The zero-order chi connectivity index (χ0) is 11.3. The summed E-state index contributed by atoms with van der Waals surface area (Å²) in [4.78, 5) is 11.6. The van der Waals surface area contributed by atoms with Gasteiger partial charge >= 0.3 is 0 Å². The number of hydrogen-bond acceptors (Lipinski definition) is 2. The van der Waals surface area contributed by atoms with Crippen LogP contribution in [0, 0.1) is 5.41 Å². The molecule has 15 heavy (non-hydrogen) atoms. The molecule has 3 nitrogen and oxygen atoms in total. The van der Waals surface area contributed by atoms with E-state index in [0.29, 0.717) is 13.1 Å². The number of nitrogens with two attached hydrogens (primary N) is 1. The highest BCUT2D eigenvalue weighted by Crippen LogP contribution is 2.27. The molecule has 0 unspecified atom stereocenters. The highest BCUT2D eigenvalue weighted by molar-refractivity contribution is 5.97. The van der Waals surface area contributed by atoms with Gasteiger partial charge in [-0.25, -0.2) is 0 Å². The summed E-state index contributed by atoms with van der Waals surface area (Å²) >= 11 is 0. The maximum Gasteiger partial charge on any atom is 0.250 e. The molecule has 0 saturated heterocycles. The molecule has 84 valence electrons. The normalized spacial score (nSPS) is 17.7. The van der Waals surface area contributed by atoms with Gasteiger partial charge in [0.25, 0.3) is 5.91 Å². The fourth-order valence-corrected chi connectivity index (χ4v) is 1.52. The fourth-order valence-electron chi connectivity index (χ4n) is 1.52. The first-order valence-electron chi connectivity index (χ1n) is 5.45. The van der Waals surface area contributed by atoms with Crippen LogP contribution in [0.1, 0.15) is 26.7 Å². The number of amides is 1. The predicted molar refractivity (Wildman–Crippen MR) is 62.3 cm³/mol. The molecular formula is C12H20N2O. The first-order valence-corrected chi connectivity index (χ1v) is 5.45. The molecule has 1 rings (SSSR count). The van der Waals surface area contributed by atoms with Crippen LogP contribution in [-0.2, 0) is 4.79 Å². The van der Waals surface area contributed by atoms with E-state index in [1.165, 1.54) is 0 Å². The minimum atomic E-state index is 0.0178. The topological polar surface area (TPSA) is 55.1 Å². The van der Waals surface area contributed by atoms with E-state index in [9.17, 15) is 4.79 Å². The molecule has 1 aliphatic carbocycles. The molecule has 3 heteroatoms. The lowest BCUT2D eigenvalue weighted by molar-refractivity contribution is -0.117. The van der Waals surface area contributed by atoms with Gasteiger partial charge in [-0.05, 0) is 19.4 Å². The van der Waals surface area contributed by atoms with Crippen molar-refractivity contribution in [3.63, 3.8) is 0 Å². The highest BCUT2D eigenvalue weighted by atomic mass is 16.1. The monoisotopic (exact) mass is 208 g/mol. The molecule has 0 atom stereocenters. The third-order valence-electron chi connectivity index (χ3n) is 2.40. The van der Waals surface area contributed by atoms with Crippen LogP contribution >= 0.6 is 0 Å². The van der Waals surface area contributed by atoms with Crippen LogP contribution in [0.5, 0.6) is 0 Å². The number of unbranched alkanes of at least 4 members (excludes halogenated alkanes) is 1. The standard InChI is InChI=1S/C12H20N2O/c1-12(2)6-5-10(9-12)11(15)14-8-4-3-7-13/h5-6,9H,3-4,7-8,13H2,1-2H3,(H,14,15). The molecule has 3 N–H and O–H groups in total. The summed E-state index contributed by atoms with van der Waals surface area (Å²) in [6, 6.07) is 0. The van der Waals surface area contributed by atoms with Gasteiger partial charge in [0.05, 0.1) is 0 Å². The van der Waals surface area contributed by atoms with E-state index in [1.807, 2.05) is 18.2 Å².